The van der Waals surface area contributed by atoms with Gasteiger partial charge >= 0.3 is 18.3 Å². The molecular weight excluding hydrogens is 567 g/mol. The molecule has 0 bridgehead atoms. The maximum atomic E-state index is 12.3. The van der Waals surface area contributed by atoms with Crippen LogP contribution in [0.4, 0.5) is 28.4 Å². The molecule has 0 atom stereocenters. The topological polar surface area (TPSA) is 113 Å². The van der Waals surface area contributed by atoms with Gasteiger partial charge in [-0.05, 0) is 51.5 Å². The molecule has 14 heteroatoms. The second-order valence-corrected chi connectivity index (χ2v) is 11.1. The van der Waals surface area contributed by atoms with E-state index < -0.39 is 24.4 Å². The number of carbonyl (C=O) groups excluding carboxylic acids is 2. The average molecular weight is 604 g/mol. The molecule has 3 amide bonds. The molecule has 3 heterocycles. The summed E-state index contributed by atoms with van der Waals surface area (Å²) in [5.41, 5.74) is 2.75. The maximum absolute atomic E-state index is 12.3. The van der Waals surface area contributed by atoms with Crippen LogP contribution in [0.5, 0.6) is 0 Å². The van der Waals surface area contributed by atoms with Crippen molar-refractivity contribution in [2.45, 2.75) is 39.0 Å². The third kappa shape index (κ3) is 9.87. The number of nitrogens with zero attached hydrogens (tertiary/aromatic N) is 5. The van der Waals surface area contributed by atoms with Gasteiger partial charge in [-0.3, -0.25) is 9.30 Å². The fourth-order valence-corrected chi connectivity index (χ4v) is 4.39. The Balaban J connectivity index is 1.22. The van der Waals surface area contributed by atoms with Gasteiger partial charge in [0.2, 0.25) is 0 Å². The summed E-state index contributed by atoms with van der Waals surface area (Å²) in [4.78, 5) is 37.9. The van der Waals surface area contributed by atoms with Crippen LogP contribution < -0.4 is 10.6 Å². The molecule has 0 spiro atoms. The van der Waals surface area contributed by atoms with E-state index in [4.69, 9.17) is 9.57 Å². The van der Waals surface area contributed by atoms with Gasteiger partial charge in [0.05, 0.1) is 18.1 Å². The minimum absolute atomic E-state index is 0.270. The minimum Gasteiger partial charge on any atom is -0.444 e. The highest BCUT2D eigenvalue weighted by atomic mass is 19.4. The molecule has 2 N–H and O–H groups in total. The zero-order valence-electron chi connectivity index (χ0n) is 24.4. The van der Waals surface area contributed by atoms with Crippen molar-refractivity contribution in [3.63, 3.8) is 0 Å². The number of alkyl halides is 3. The van der Waals surface area contributed by atoms with Crippen molar-refractivity contribution in [2.24, 2.45) is 5.16 Å². The van der Waals surface area contributed by atoms with Crippen LogP contribution in [0.1, 0.15) is 32.8 Å². The Morgan fingerprint density at radius 1 is 1.09 bits per heavy atom. The van der Waals surface area contributed by atoms with Crippen LogP contribution >= 0.6 is 0 Å². The number of ether oxygens (including phenoxy) is 1. The number of halogens is 3. The van der Waals surface area contributed by atoms with Crippen LogP contribution in [0.2, 0.25) is 0 Å². The van der Waals surface area contributed by atoms with Gasteiger partial charge in [0.1, 0.15) is 24.4 Å². The first kappa shape index (κ1) is 31.6. The van der Waals surface area contributed by atoms with Crippen molar-refractivity contribution < 1.29 is 32.3 Å². The summed E-state index contributed by atoms with van der Waals surface area (Å²) in [5, 5.41) is 8.26. The van der Waals surface area contributed by atoms with Crippen LogP contribution in [-0.4, -0.2) is 95.2 Å². The molecular formula is C29H36F3N7O4. The largest absolute Gasteiger partial charge is 0.444 e. The summed E-state index contributed by atoms with van der Waals surface area (Å²) in [6, 6.07) is 9.48. The zero-order valence-corrected chi connectivity index (χ0v) is 24.4. The monoisotopic (exact) mass is 603 g/mol. The maximum Gasteiger partial charge on any atom is 0.410 e. The zero-order chi connectivity index (χ0) is 31.0. The van der Waals surface area contributed by atoms with Gasteiger partial charge in [-0.15, -0.1) is 0 Å². The van der Waals surface area contributed by atoms with Gasteiger partial charge < -0.3 is 25.1 Å². The lowest BCUT2D eigenvalue weighted by molar-refractivity contribution is -0.122. The molecule has 0 saturated carbocycles. The number of nitrogens with one attached hydrogen (secondary N) is 2. The molecule has 0 radical (unpaired) electrons. The van der Waals surface area contributed by atoms with Crippen LogP contribution in [0.3, 0.4) is 0 Å². The molecule has 1 aromatic carbocycles. The van der Waals surface area contributed by atoms with E-state index >= 15 is 0 Å². The first-order chi connectivity index (χ1) is 20.4. The summed E-state index contributed by atoms with van der Waals surface area (Å²) in [6.07, 6.45) is 1.14. The van der Waals surface area contributed by atoms with Gasteiger partial charge in [-0.2, -0.15) is 13.2 Å². The number of imidazole rings is 1. The Kier molecular flexibility index (Phi) is 10.1. The molecule has 4 rings (SSSR count). The lowest BCUT2D eigenvalue weighted by Crippen LogP contribution is -2.50. The lowest BCUT2D eigenvalue weighted by atomic mass is 10.1. The van der Waals surface area contributed by atoms with Gasteiger partial charge in [0, 0.05) is 55.7 Å². The van der Waals surface area contributed by atoms with Gasteiger partial charge in [-0.1, -0.05) is 17.3 Å². The molecule has 2 aromatic heterocycles. The van der Waals surface area contributed by atoms with Gasteiger partial charge in [0.15, 0.2) is 0 Å². The number of hydrogen-bond donors (Lipinski definition) is 2. The third-order valence-corrected chi connectivity index (χ3v) is 6.41. The highest BCUT2D eigenvalue weighted by Crippen LogP contribution is 2.24. The second kappa shape index (κ2) is 13.8. The first-order valence-corrected chi connectivity index (χ1v) is 13.9. The molecule has 3 aromatic rings. The third-order valence-electron chi connectivity index (χ3n) is 6.41. The number of aromatic nitrogens is 2. The summed E-state index contributed by atoms with van der Waals surface area (Å²) in [6.45, 7) is 8.30. The van der Waals surface area contributed by atoms with E-state index in [1.54, 1.807) is 40.8 Å². The number of hydrogen-bond acceptors (Lipinski definition) is 7. The predicted molar refractivity (Wildman–Crippen MR) is 156 cm³/mol. The number of anilines is 1. The molecule has 1 saturated heterocycles. The summed E-state index contributed by atoms with van der Waals surface area (Å²) < 4.78 is 44.3. The van der Waals surface area contributed by atoms with Crippen molar-refractivity contribution in [1.82, 2.24) is 24.5 Å². The average Bonchev–Trinajstić information content (AvgIpc) is 3.36. The molecule has 0 aliphatic carbocycles. The van der Waals surface area contributed by atoms with E-state index in [9.17, 15) is 22.8 Å². The first-order valence-electron chi connectivity index (χ1n) is 13.9. The Bertz CT molecular complexity index is 1430. The molecule has 1 fully saturated rings. The summed E-state index contributed by atoms with van der Waals surface area (Å²) in [5.74, 6) is 0. The highest BCUT2D eigenvalue weighted by Gasteiger charge is 2.28. The van der Waals surface area contributed by atoms with Crippen LogP contribution in [0.15, 0.2) is 53.9 Å². The van der Waals surface area contributed by atoms with Gasteiger partial charge in [-0.25, -0.2) is 14.6 Å². The number of amides is 3. The Labute approximate surface area is 247 Å². The van der Waals surface area contributed by atoms with E-state index in [0.29, 0.717) is 31.0 Å². The predicted octanol–water partition coefficient (Wildman–Crippen LogP) is 4.98. The Morgan fingerprint density at radius 3 is 2.58 bits per heavy atom. The Hall–Kier alpha value is -4.33. The number of urea groups is 1. The number of rotatable bonds is 9. The van der Waals surface area contributed by atoms with Gasteiger partial charge in [0.25, 0.3) is 0 Å². The van der Waals surface area contributed by atoms with Crippen molar-refractivity contribution in [1.29, 1.82) is 0 Å². The molecule has 11 nitrogen and oxygen atoms in total. The summed E-state index contributed by atoms with van der Waals surface area (Å²) in [7, 11) is 0. The van der Waals surface area contributed by atoms with E-state index in [1.807, 2.05) is 49.6 Å². The van der Waals surface area contributed by atoms with E-state index in [-0.39, 0.29) is 6.09 Å². The van der Waals surface area contributed by atoms with Crippen molar-refractivity contribution >= 4 is 29.7 Å². The van der Waals surface area contributed by atoms with E-state index in [2.05, 4.69) is 20.4 Å². The standard InChI is InChI=1S/C29H36F3N7O4/c1-28(2,3)43-27(41)38-13-11-37(12-14-38)9-5-15-42-35-18-21-8-10-39-24(19-33-25(39)16-21)22-6-4-7-23(17-22)36-26(40)34-20-29(30,31)32/h4,6-8,10,16-19H,5,9,11-15,20H2,1-3H3,(H2,34,36,40)/b35-18+. The molecule has 1 aliphatic heterocycles. The lowest BCUT2D eigenvalue weighted by Gasteiger charge is -2.35. The number of piperazine rings is 1. The smallest absolute Gasteiger partial charge is 0.410 e. The number of fused-ring (bicyclic) bond motifs is 1. The fraction of sp³-hybridized carbons (Fsp3) is 0.448. The van der Waals surface area contributed by atoms with Crippen molar-refractivity contribution in [2.75, 3.05) is 51.2 Å². The quantitative estimate of drug-likeness (QED) is 0.203. The number of carbonyl (C=O) groups is 2. The van der Waals surface area contributed by atoms with E-state index in [0.717, 1.165) is 42.9 Å². The van der Waals surface area contributed by atoms with Crippen LogP contribution in [0.25, 0.3) is 16.9 Å². The number of oxime groups is 1. The van der Waals surface area contributed by atoms with Crippen molar-refractivity contribution in [3.05, 3.63) is 54.4 Å². The van der Waals surface area contributed by atoms with E-state index in [1.165, 1.54) is 0 Å². The fourth-order valence-electron chi connectivity index (χ4n) is 4.39. The molecule has 232 valence electrons. The molecule has 43 heavy (non-hydrogen) atoms. The van der Waals surface area contributed by atoms with Crippen molar-refractivity contribution in [3.8, 4) is 11.3 Å². The summed E-state index contributed by atoms with van der Waals surface area (Å²) >= 11 is 0. The van der Waals surface area contributed by atoms with Crippen LogP contribution in [0, 0.1) is 0 Å². The molecule has 1 aliphatic rings. The number of benzene rings is 1. The molecule has 0 unspecified atom stereocenters. The Morgan fingerprint density at radius 2 is 1.86 bits per heavy atom. The minimum atomic E-state index is -4.49. The normalized spacial score (nSPS) is 14.7. The SMILES string of the molecule is CC(C)(C)OC(=O)N1CCN(CCCO/N=C/c2ccn3c(-c4cccc(NC(=O)NCC(F)(F)F)c4)cnc3c2)CC1. The second-order valence-electron chi connectivity index (χ2n) is 11.1. The highest BCUT2D eigenvalue weighted by molar-refractivity contribution is 5.90. The number of pyridine rings is 1. The van der Waals surface area contributed by atoms with Crippen LogP contribution in [-0.2, 0) is 9.57 Å².